The molecule has 0 atom stereocenters. The molecule has 0 unspecified atom stereocenters. The molecule has 0 aromatic heterocycles. The van der Waals surface area contributed by atoms with Crippen LogP contribution in [0.2, 0.25) is 0 Å². The van der Waals surface area contributed by atoms with Crippen molar-refractivity contribution in [1.29, 1.82) is 0 Å². The average molecular weight is 310 g/mol. The molecule has 0 saturated heterocycles. The van der Waals surface area contributed by atoms with Gasteiger partial charge in [0.05, 0.1) is 6.54 Å². The molecular weight excluding hydrogens is 288 g/mol. The third kappa shape index (κ3) is 4.42. The van der Waals surface area contributed by atoms with Crippen LogP contribution >= 0.6 is 0 Å². The summed E-state index contributed by atoms with van der Waals surface area (Å²) < 4.78 is 0. The first-order chi connectivity index (χ1) is 11.0. The van der Waals surface area contributed by atoms with Gasteiger partial charge in [0.2, 0.25) is 5.91 Å². The molecule has 0 aliphatic rings. The van der Waals surface area contributed by atoms with E-state index in [1.165, 1.54) is 4.90 Å². The van der Waals surface area contributed by atoms with Gasteiger partial charge in [-0.1, -0.05) is 42.8 Å². The number of rotatable bonds is 5. The number of nitrogens with one attached hydrogen (secondary N) is 1. The molecule has 0 spiro atoms. The Morgan fingerprint density at radius 1 is 1.04 bits per heavy atom. The van der Waals surface area contributed by atoms with Crippen molar-refractivity contribution in [3.8, 4) is 0 Å². The number of hydrogen-bond acceptors (Lipinski definition) is 2. The van der Waals surface area contributed by atoms with Gasteiger partial charge in [-0.25, -0.2) is 0 Å². The Hall–Kier alpha value is -2.62. The number of anilines is 1. The van der Waals surface area contributed by atoms with Crippen LogP contribution in [0.25, 0.3) is 0 Å². The van der Waals surface area contributed by atoms with E-state index >= 15 is 0 Å². The van der Waals surface area contributed by atoms with Crippen LogP contribution in [0.15, 0.2) is 48.5 Å². The van der Waals surface area contributed by atoms with E-state index in [0.717, 1.165) is 23.2 Å². The first-order valence-corrected chi connectivity index (χ1v) is 7.71. The number of carbonyl (C=O) groups is 2. The lowest BCUT2D eigenvalue weighted by Gasteiger charge is -2.17. The number of likely N-dealkylation sites (N-methyl/N-ethyl adjacent to an activating group) is 1. The second-order valence-electron chi connectivity index (χ2n) is 5.59. The Kier molecular flexibility index (Phi) is 5.52. The third-order valence-electron chi connectivity index (χ3n) is 3.70. The maximum absolute atomic E-state index is 12.3. The summed E-state index contributed by atoms with van der Waals surface area (Å²) >= 11 is 0. The van der Waals surface area contributed by atoms with Crippen LogP contribution in [0.3, 0.4) is 0 Å². The van der Waals surface area contributed by atoms with Crippen LogP contribution in [-0.2, 0) is 11.2 Å². The molecule has 2 amide bonds. The molecule has 4 nitrogen and oxygen atoms in total. The lowest BCUT2D eigenvalue weighted by Crippen LogP contribution is -2.35. The van der Waals surface area contributed by atoms with Crippen LogP contribution in [0, 0.1) is 6.92 Å². The summed E-state index contributed by atoms with van der Waals surface area (Å²) in [6.07, 6.45) is 0.842. The molecule has 0 radical (unpaired) electrons. The number of hydrogen-bond donors (Lipinski definition) is 1. The molecule has 23 heavy (non-hydrogen) atoms. The highest BCUT2D eigenvalue weighted by Crippen LogP contribution is 2.15. The second-order valence-corrected chi connectivity index (χ2v) is 5.59. The maximum atomic E-state index is 12.3. The molecule has 1 N–H and O–H groups in total. The Bertz CT molecular complexity index is 693. The fourth-order valence-electron chi connectivity index (χ4n) is 2.34. The molecule has 0 saturated carbocycles. The molecule has 0 bridgehead atoms. The number of benzene rings is 2. The summed E-state index contributed by atoms with van der Waals surface area (Å²) in [5.74, 6) is -0.363. The second kappa shape index (κ2) is 7.58. The minimum atomic E-state index is -0.200. The van der Waals surface area contributed by atoms with Gasteiger partial charge in [-0.3, -0.25) is 9.59 Å². The van der Waals surface area contributed by atoms with E-state index in [1.807, 2.05) is 50.2 Å². The van der Waals surface area contributed by atoms with Crippen molar-refractivity contribution in [2.24, 2.45) is 0 Å². The van der Waals surface area contributed by atoms with E-state index in [0.29, 0.717) is 5.56 Å². The number of aryl methyl sites for hydroxylation is 2. The van der Waals surface area contributed by atoms with E-state index in [9.17, 15) is 9.59 Å². The highest BCUT2D eigenvalue weighted by atomic mass is 16.2. The van der Waals surface area contributed by atoms with Crippen LogP contribution in [0.1, 0.15) is 28.4 Å². The quantitative estimate of drug-likeness (QED) is 0.921. The van der Waals surface area contributed by atoms with Crippen LogP contribution < -0.4 is 5.32 Å². The van der Waals surface area contributed by atoms with Crippen LogP contribution in [0.5, 0.6) is 0 Å². The summed E-state index contributed by atoms with van der Waals surface area (Å²) in [6.45, 7) is 4.03. The summed E-state index contributed by atoms with van der Waals surface area (Å²) in [4.78, 5) is 25.9. The van der Waals surface area contributed by atoms with Gasteiger partial charge in [-0.15, -0.1) is 0 Å². The Morgan fingerprint density at radius 3 is 2.35 bits per heavy atom. The summed E-state index contributed by atoms with van der Waals surface area (Å²) in [5.41, 5.74) is 3.56. The standard InChI is InChI=1S/C19H22N2O2/c1-4-15-7-5-6-8-17(15)20-18(22)13-21(3)19(23)16-11-9-14(2)10-12-16/h5-12H,4,13H2,1-3H3,(H,20,22). The Labute approximate surface area is 137 Å². The van der Waals surface area contributed by atoms with Crippen molar-refractivity contribution in [3.05, 3.63) is 65.2 Å². The fourth-order valence-corrected chi connectivity index (χ4v) is 2.34. The topological polar surface area (TPSA) is 49.4 Å². The van der Waals surface area contributed by atoms with Gasteiger partial charge in [0.1, 0.15) is 0 Å². The average Bonchev–Trinajstić information content (AvgIpc) is 2.55. The lowest BCUT2D eigenvalue weighted by molar-refractivity contribution is -0.116. The summed E-state index contributed by atoms with van der Waals surface area (Å²) in [7, 11) is 1.63. The highest BCUT2D eigenvalue weighted by molar-refractivity contribution is 5.99. The normalized spacial score (nSPS) is 10.2. The van der Waals surface area contributed by atoms with Crippen molar-refractivity contribution in [3.63, 3.8) is 0 Å². The molecule has 0 heterocycles. The first-order valence-electron chi connectivity index (χ1n) is 7.71. The Morgan fingerprint density at radius 2 is 1.70 bits per heavy atom. The van der Waals surface area contributed by atoms with E-state index in [-0.39, 0.29) is 18.4 Å². The molecule has 2 rings (SSSR count). The van der Waals surface area contributed by atoms with Gasteiger partial charge >= 0.3 is 0 Å². The predicted octanol–water partition coefficient (Wildman–Crippen LogP) is 3.27. The number of amides is 2. The smallest absolute Gasteiger partial charge is 0.254 e. The maximum Gasteiger partial charge on any atom is 0.254 e. The van der Waals surface area contributed by atoms with Crippen molar-refractivity contribution >= 4 is 17.5 Å². The molecular formula is C19H22N2O2. The van der Waals surface area contributed by atoms with E-state index in [2.05, 4.69) is 5.32 Å². The van der Waals surface area contributed by atoms with E-state index in [4.69, 9.17) is 0 Å². The predicted molar refractivity (Wildman–Crippen MR) is 92.6 cm³/mol. The molecule has 2 aromatic carbocycles. The Balaban J connectivity index is 1.99. The molecule has 2 aromatic rings. The van der Waals surface area contributed by atoms with Gasteiger partial charge in [-0.2, -0.15) is 0 Å². The first kappa shape index (κ1) is 16.7. The van der Waals surface area contributed by atoms with Crippen LogP contribution in [-0.4, -0.2) is 30.3 Å². The van der Waals surface area contributed by atoms with Crippen molar-refractivity contribution < 1.29 is 9.59 Å². The third-order valence-corrected chi connectivity index (χ3v) is 3.70. The number of para-hydroxylation sites is 1. The van der Waals surface area contributed by atoms with E-state index < -0.39 is 0 Å². The SMILES string of the molecule is CCc1ccccc1NC(=O)CN(C)C(=O)c1ccc(C)cc1. The highest BCUT2D eigenvalue weighted by Gasteiger charge is 2.15. The molecule has 120 valence electrons. The van der Waals surface area contributed by atoms with Gasteiger partial charge in [0, 0.05) is 18.3 Å². The number of carbonyl (C=O) groups excluding carboxylic acids is 2. The van der Waals surface area contributed by atoms with Crippen molar-refractivity contribution in [1.82, 2.24) is 4.90 Å². The summed E-state index contributed by atoms with van der Waals surface area (Å²) in [6, 6.07) is 15.0. The zero-order valence-corrected chi connectivity index (χ0v) is 13.8. The molecule has 0 fully saturated rings. The van der Waals surface area contributed by atoms with Gasteiger partial charge in [0.15, 0.2) is 0 Å². The van der Waals surface area contributed by atoms with Crippen molar-refractivity contribution in [2.45, 2.75) is 20.3 Å². The van der Waals surface area contributed by atoms with E-state index in [1.54, 1.807) is 19.2 Å². The summed E-state index contributed by atoms with van der Waals surface area (Å²) in [5, 5.41) is 2.87. The van der Waals surface area contributed by atoms with Crippen LogP contribution in [0.4, 0.5) is 5.69 Å². The number of nitrogens with zero attached hydrogens (tertiary/aromatic N) is 1. The monoisotopic (exact) mass is 310 g/mol. The minimum Gasteiger partial charge on any atom is -0.332 e. The van der Waals surface area contributed by atoms with Gasteiger partial charge in [-0.05, 0) is 37.1 Å². The van der Waals surface area contributed by atoms with Gasteiger partial charge in [0.25, 0.3) is 5.91 Å². The fraction of sp³-hybridized carbons (Fsp3) is 0.263. The zero-order chi connectivity index (χ0) is 16.8. The minimum absolute atomic E-state index is 0.0186. The molecule has 0 aliphatic carbocycles. The lowest BCUT2D eigenvalue weighted by atomic mass is 10.1. The van der Waals surface area contributed by atoms with Gasteiger partial charge < -0.3 is 10.2 Å². The molecule has 0 aliphatic heterocycles. The zero-order valence-electron chi connectivity index (χ0n) is 13.8. The largest absolute Gasteiger partial charge is 0.332 e. The molecule has 4 heteroatoms. The van der Waals surface area contributed by atoms with Crippen molar-refractivity contribution in [2.75, 3.05) is 18.9 Å².